The number of thiophene rings is 1. The molecule has 0 unspecified atom stereocenters. The van der Waals surface area contributed by atoms with Gasteiger partial charge in [0.05, 0.1) is 11.7 Å². The van der Waals surface area contributed by atoms with E-state index in [4.69, 9.17) is 4.74 Å². The Labute approximate surface area is 124 Å². The first kappa shape index (κ1) is 16.7. The smallest absolute Gasteiger partial charge is 0.341 e. The van der Waals surface area contributed by atoms with E-state index in [1.54, 1.807) is 13.8 Å². The summed E-state index contributed by atoms with van der Waals surface area (Å²) in [5.74, 6) is -0.497. The average molecular weight is 297 g/mol. The summed E-state index contributed by atoms with van der Waals surface area (Å²) in [5, 5.41) is 3.42. The van der Waals surface area contributed by atoms with Crippen LogP contribution in [0.4, 0.5) is 5.00 Å². The van der Waals surface area contributed by atoms with Crippen molar-refractivity contribution in [2.45, 2.75) is 54.6 Å². The first-order chi connectivity index (χ1) is 9.04. The third-order valence-corrected chi connectivity index (χ3v) is 3.96. The number of hydrogen-bond donors (Lipinski definition) is 1. The molecule has 1 aromatic rings. The molecule has 0 aliphatic carbocycles. The Kier molecular flexibility index (Phi) is 4.97. The van der Waals surface area contributed by atoms with Crippen molar-refractivity contribution >= 4 is 28.2 Å². The van der Waals surface area contributed by atoms with Crippen LogP contribution in [-0.2, 0) is 9.53 Å². The monoisotopic (exact) mass is 297 g/mol. The van der Waals surface area contributed by atoms with Crippen LogP contribution in [0, 0.1) is 19.3 Å². The highest BCUT2D eigenvalue weighted by Gasteiger charge is 2.27. The van der Waals surface area contributed by atoms with Crippen molar-refractivity contribution in [3.05, 3.63) is 16.0 Å². The van der Waals surface area contributed by atoms with Gasteiger partial charge in [0.2, 0.25) is 5.91 Å². The van der Waals surface area contributed by atoms with Crippen molar-refractivity contribution in [3.8, 4) is 0 Å². The molecule has 1 aromatic heterocycles. The van der Waals surface area contributed by atoms with Gasteiger partial charge < -0.3 is 10.1 Å². The van der Waals surface area contributed by atoms with Crippen LogP contribution in [-0.4, -0.2) is 18.0 Å². The molecule has 0 aliphatic heterocycles. The summed E-state index contributed by atoms with van der Waals surface area (Å²) in [6, 6.07) is 0. The van der Waals surface area contributed by atoms with Crippen LogP contribution in [0.15, 0.2) is 0 Å². The number of ether oxygens (including phenoxy) is 1. The van der Waals surface area contributed by atoms with Crippen molar-refractivity contribution in [1.29, 1.82) is 0 Å². The van der Waals surface area contributed by atoms with Crippen LogP contribution >= 0.6 is 11.3 Å². The maximum atomic E-state index is 12.2. The summed E-state index contributed by atoms with van der Waals surface area (Å²) in [5.41, 5.74) is 0.828. The minimum Gasteiger partial charge on any atom is -0.459 e. The Morgan fingerprint density at radius 2 is 1.75 bits per heavy atom. The van der Waals surface area contributed by atoms with Crippen LogP contribution in [0.1, 0.15) is 55.4 Å². The first-order valence-electron chi connectivity index (χ1n) is 6.66. The van der Waals surface area contributed by atoms with Gasteiger partial charge >= 0.3 is 5.97 Å². The van der Waals surface area contributed by atoms with Gasteiger partial charge in [-0.15, -0.1) is 11.3 Å². The Bertz CT molecular complexity index is 524. The molecule has 0 radical (unpaired) electrons. The fourth-order valence-electron chi connectivity index (χ4n) is 1.52. The highest BCUT2D eigenvalue weighted by molar-refractivity contribution is 7.16. The highest BCUT2D eigenvalue weighted by atomic mass is 32.1. The summed E-state index contributed by atoms with van der Waals surface area (Å²) >= 11 is 1.41. The van der Waals surface area contributed by atoms with Crippen molar-refractivity contribution in [2.75, 3.05) is 5.32 Å². The van der Waals surface area contributed by atoms with Crippen LogP contribution in [0.25, 0.3) is 0 Å². The Balaban J connectivity index is 3.12. The molecule has 1 N–H and O–H groups in total. The molecular formula is C15H23NO3S. The maximum Gasteiger partial charge on any atom is 0.341 e. The van der Waals surface area contributed by atoms with E-state index >= 15 is 0 Å². The molecular weight excluding hydrogens is 274 g/mol. The first-order valence-corrected chi connectivity index (χ1v) is 7.48. The van der Waals surface area contributed by atoms with Crippen molar-refractivity contribution < 1.29 is 14.3 Å². The lowest BCUT2D eigenvalue weighted by molar-refractivity contribution is -0.123. The lowest BCUT2D eigenvalue weighted by Crippen LogP contribution is -2.28. The summed E-state index contributed by atoms with van der Waals surface area (Å²) < 4.78 is 5.25. The quantitative estimate of drug-likeness (QED) is 0.860. The van der Waals surface area contributed by atoms with Gasteiger partial charge in [-0.05, 0) is 33.3 Å². The van der Waals surface area contributed by atoms with E-state index < -0.39 is 5.41 Å². The fraction of sp³-hybridized carbons (Fsp3) is 0.600. The van der Waals surface area contributed by atoms with Gasteiger partial charge in [-0.3, -0.25) is 4.79 Å². The number of carbonyl (C=O) groups is 2. The predicted octanol–water partition coefficient (Wildman–Crippen LogP) is 3.91. The van der Waals surface area contributed by atoms with Crippen LogP contribution in [0.5, 0.6) is 0 Å². The third-order valence-electron chi connectivity index (χ3n) is 2.84. The molecule has 0 spiro atoms. The van der Waals surface area contributed by atoms with Gasteiger partial charge in [-0.2, -0.15) is 0 Å². The molecule has 1 amide bonds. The topological polar surface area (TPSA) is 55.4 Å². The van der Waals surface area contributed by atoms with Gasteiger partial charge in [0, 0.05) is 10.3 Å². The summed E-state index contributed by atoms with van der Waals surface area (Å²) in [7, 11) is 0. The van der Waals surface area contributed by atoms with Crippen molar-refractivity contribution in [1.82, 2.24) is 0 Å². The van der Waals surface area contributed by atoms with Crippen LogP contribution in [0.2, 0.25) is 0 Å². The molecule has 0 atom stereocenters. The number of esters is 1. The normalized spacial score (nSPS) is 11.6. The molecule has 0 aliphatic rings. The lowest BCUT2D eigenvalue weighted by Gasteiger charge is -2.17. The molecule has 1 heterocycles. The van der Waals surface area contributed by atoms with Crippen molar-refractivity contribution in [3.63, 3.8) is 0 Å². The van der Waals surface area contributed by atoms with E-state index in [1.807, 2.05) is 34.6 Å². The molecule has 1 rings (SSSR count). The molecule has 0 bridgehead atoms. The van der Waals surface area contributed by atoms with E-state index in [9.17, 15) is 9.59 Å². The Morgan fingerprint density at radius 3 is 2.20 bits per heavy atom. The van der Waals surface area contributed by atoms with Crippen molar-refractivity contribution in [2.24, 2.45) is 5.41 Å². The third kappa shape index (κ3) is 3.82. The van der Waals surface area contributed by atoms with Gasteiger partial charge in [0.15, 0.2) is 0 Å². The zero-order valence-electron chi connectivity index (χ0n) is 13.2. The average Bonchev–Trinajstić information content (AvgIpc) is 2.52. The zero-order valence-corrected chi connectivity index (χ0v) is 14.0. The summed E-state index contributed by atoms with van der Waals surface area (Å²) in [6.45, 7) is 12.9. The molecule has 0 fully saturated rings. The highest BCUT2D eigenvalue weighted by Crippen LogP contribution is 2.34. The summed E-state index contributed by atoms with van der Waals surface area (Å²) in [6.07, 6.45) is -0.187. The number of carbonyl (C=O) groups excluding carboxylic acids is 2. The second-order valence-electron chi connectivity index (χ2n) is 6.15. The molecule has 4 nitrogen and oxygen atoms in total. The van der Waals surface area contributed by atoms with E-state index in [2.05, 4.69) is 5.32 Å². The molecule has 20 heavy (non-hydrogen) atoms. The Hall–Kier alpha value is -1.36. The number of amides is 1. The van der Waals surface area contributed by atoms with Gasteiger partial charge in [-0.25, -0.2) is 4.79 Å². The van der Waals surface area contributed by atoms with E-state index in [0.717, 1.165) is 10.4 Å². The molecule has 0 saturated heterocycles. The largest absolute Gasteiger partial charge is 0.459 e. The number of rotatable bonds is 3. The maximum absolute atomic E-state index is 12.2. The number of hydrogen-bond acceptors (Lipinski definition) is 4. The molecule has 112 valence electrons. The standard InChI is InChI=1S/C15H23NO3S/c1-8(2)19-13(17)11-9(3)10(4)20-12(11)16-14(18)15(5,6)7/h8H,1-7H3,(H,16,18). The Morgan fingerprint density at radius 1 is 1.20 bits per heavy atom. The minimum atomic E-state index is -0.509. The SMILES string of the molecule is Cc1sc(NC(=O)C(C)(C)C)c(C(=O)OC(C)C)c1C. The van der Waals surface area contributed by atoms with E-state index in [-0.39, 0.29) is 18.0 Å². The van der Waals surface area contributed by atoms with Gasteiger partial charge in [0.25, 0.3) is 0 Å². The van der Waals surface area contributed by atoms with Gasteiger partial charge in [0.1, 0.15) is 5.00 Å². The fourth-order valence-corrected chi connectivity index (χ4v) is 2.57. The second-order valence-corrected chi connectivity index (χ2v) is 7.37. The van der Waals surface area contributed by atoms with E-state index in [1.165, 1.54) is 11.3 Å². The van der Waals surface area contributed by atoms with Crippen LogP contribution < -0.4 is 5.32 Å². The lowest BCUT2D eigenvalue weighted by atomic mass is 9.96. The second kappa shape index (κ2) is 5.95. The summed E-state index contributed by atoms with van der Waals surface area (Å²) in [4.78, 5) is 25.3. The number of anilines is 1. The van der Waals surface area contributed by atoms with Gasteiger partial charge in [-0.1, -0.05) is 20.8 Å². The van der Waals surface area contributed by atoms with E-state index in [0.29, 0.717) is 10.6 Å². The number of nitrogens with one attached hydrogen (secondary N) is 1. The van der Waals surface area contributed by atoms with Crippen LogP contribution in [0.3, 0.4) is 0 Å². The molecule has 0 aromatic carbocycles. The molecule has 0 saturated carbocycles. The minimum absolute atomic E-state index is 0.114. The number of aryl methyl sites for hydroxylation is 1. The zero-order chi connectivity index (χ0) is 15.7. The predicted molar refractivity (Wildman–Crippen MR) is 82.4 cm³/mol. The molecule has 5 heteroatoms.